The zero-order chi connectivity index (χ0) is 12.8. The highest BCUT2D eigenvalue weighted by Gasteiger charge is 2.10. The van der Waals surface area contributed by atoms with Crippen molar-refractivity contribution < 1.29 is 4.52 Å². The number of hydrogen-bond acceptors (Lipinski definition) is 5. The van der Waals surface area contributed by atoms with Gasteiger partial charge in [-0.15, -0.1) is 0 Å². The third kappa shape index (κ3) is 3.16. The van der Waals surface area contributed by atoms with Crippen LogP contribution in [-0.2, 0) is 13.5 Å². The second-order valence-corrected chi connectivity index (χ2v) is 4.35. The third-order valence-electron chi connectivity index (χ3n) is 2.86. The molecule has 0 unspecified atom stereocenters. The van der Waals surface area contributed by atoms with E-state index in [9.17, 15) is 0 Å². The van der Waals surface area contributed by atoms with E-state index in [1.807, 2.05) is 11.6 Å². The number of nitrogens with two attached hydrogens (primary N) is 1. The van der Waals surface area contributed by atoms with Crippen LogP contribution in [0.4, 0.5) is 0 Å². The van der Waals surface area contributed by atoms with E-state index in [1.54, 1.807) is 12.5 Å². The van der Waals surface area contributed by atoms with Crippen molar-refractivity contribution in [3.63, 3.8) is 0 Å². The lowest BCUT2D eigenvalue weighted by molar-refractivity contribution is 0.373. The van der Waals surface area contributed by atoms with Gasteiger partial charge in [0, 0.05) is 13.5 Å². The molecule has 0 spiro atoms. The van der Waals surface area contributed by atoms with Gasteiger partial charge < -0.3 is 14.8 Å². The summed E-state index contributed by atoms with van der Waals surface area (Å²) in [5.41, 5.74) is 6.31. The summed E-state index contributed by atoms with van der Waals surface area (Å²) in [7, 11) is 1.91. The monoisotopic (exact) mass is 249 g/mol. The van der Waals surface area contributed by atoms with Crippen molar-refractivity contribution in [3.8, 4) is 11.5 Å². The summed E-state index contributed by atoms with van der Waals surface area (Å²) in [5, 5.41) is 3.97. The largest absolute Gasteiger partial charge is 0.339 e. The van der Waals surface area contributed by atoms with E-state index in [-0.39, 0.29) is 0 Å². The number of aromatic nitrogens is 4. The molecule has 0 fully saturated rings. The molecule has 0 aliphatic carbocycles. The van der Waals surface area contributed by atoms with Crippen molar-refractivity contribution >= 4 is 0 Å². The molecule has 0 aromatic carbocycles. The molecule has 0 saturated carbocycles. The highest BCUT2D eigenvalue weighted by atomic mass is 16.5. The molecule has 2 N–H and O–H groups in total. The highest BCUT2D eigenvalue weighted by molar-refractivity contribution is 5.46. The van der Waals surface area contributed by atoms with Crippen LogP contribution < -0.4 is 5.73 Å². The Balaban J connectivity index is 1.85. The number of rotatable bonds is 7. The van der Waals surface area contributed by atoms with E-state index in [0.717, 1.165) is 37.9 Å². The summed E-state index contributed by atoms with van der Waals surface area (Å²) in [6.07, 6.45) is 8.75. The van der Waals surface area contributed by atoms with E-state index in [4.69, 9.17) is 10.3 Å². The number of nitrogens with zero attached hydrogens (tertiary/aromatic N) is 4. The van der Waals surface area contributed by atoms with Crippen molar-refractivity contribution in [1.29, 1.82) is 0 Å². The van der Waals surface area contributed by atoms with Crippen LogP contribution in [-0.4, -0.2) is 26.2 Å². The molecule has 0 atom stereocenters. The zero-order valence-corrected chi connectivity index (χ0v) is 10.7. The van der Waals surface area contributed by atoms with Gasteiger partial charge in [-0.05, 0) is 19.4 Å². The topological polar surface area (TPSA) is 82.8 Å². The third-order valence-corrected chi connectivity index (χ3v) is 2.86. The first-order chi connectivity index (χ1) is 8.81. The normalized spacial score (nSPS) is 11.0. The Morgan fingerprint density at radius 1 is 1.28 bits per heavy atom. The smallest absolute Gasteiger partial charge is 0.227 e. The fourth-order valence-corrected chi connectivity index (χ4v) is 1.81. The van der Waals surface area contributed by atoms with Crippen LogP contribution >= 0.6 is 0 Å². The van der Waals surface area contributed by atoms with E-state index in [0.29, 0.717) is 11.7 Å². The molecule has 2 aromatic rings. The van der Waals surface area contributed by atoms with Gasteiger partial charge in [0.1, 0.15) is 5.69 Å². The predicted octanol–water partition coefficient (Wildman–Crippen LogP) is 1.53. The maximum absolute atomic E-state index is 5.44. The van der Waals surface area contributed by atoms with Gasteiger partial charge in [-0.2, -0.15) is 4.98 Å². The van der Waals surface area contributed by atoms with Gasteiger partial charge in [0.25, 0.3) is 0 Å². The van der Waals surface area contributed by atoms with Gasteiger partial charge in [0.05, 0.1) is 12.5 Å². The summed E-state index contributed by atoms with van der Waals surface area (Å²) in [5.74, 6) is 1.30. The fraction of sp³-hybridized carbons (Fsp3) is 0.583. The minimum atomic E-state index is 0.604. The molecule has 0 aliphatic rings. The Morgan fingerprint density at radius 2 is 2.11 bits per heavy atom. The van der Waals surface area contributed by atoms with Crippen LogP contribution in [0, 0.1) is 0 Å². The molecule has 0 saturated heterocycles. The Kier molecular flexibility index (Phi) is 4.46. The van der Waals surface area contributed by atoms with Gasteiger partial charge in [-0.25, -0.2) is 4.98 Å². The van der Waals surface area contributed by atoms with Crippen molar-refractivity contribution in [2.24, 2.45) is 12.8 Å². The van der Waals surface area contributed by atoms with E-state index < -0.39 is 0 Å². The average Bonchev–Trinajstić information content (AvgIpc) is 2.97. The molecule has 0 aliphatic heterocycles. The predicted molar refractivity (Wildman–Crippen MR) is 67.7 cm³/mol. The number of hydrogen-bond donors (Lipinski definition) is 1. The number of imidazole rings is 1. The number of aryl methyl sites for hydroxylation is 2. The van der Waals surface area contributed by atoms with Crippen LogP contribution in [0.1, 0.15) is 31.6 Å². The lowest BCUT2D eigenvalue weighted by Crippen LogP contribution is -1.97. The van der Waals surface area contributed by atoms with Crippen molar-refractivity contribution in [1.82, 2.24) is 19.7 Å². The van der Waals surface area contributed by atoms with Crippen molar-refractivity contribution in [2.45, 2.75) is 32.1 Å². The molecule has 2 aromatic heterocycles. The molecule has 2 heterocycles. The lowest BCUT2D eigenvalue weighted by atomic mass is 10.1. The van der Waals surface area contributed by atoms with Crippen molar-refractivity contribution in [3.05, 3.63) is 18.4 Å². The maximum Gasteiger partial charge on any atom is 0.227 e. The number of unbranched alkanes of at least 4 members (excludes halogenated alkanes) is 3. The summed E-state index contributed by atoms with van der Waals surface area (Å²) < 4.78 is 7.09. The first kappa shape index (κ1) is 12.8. The molecule has 0 bridgehead atoms. The van der Waals surface area contributed by atoms with E-state index >= 15 is 0 Å². The Hall–Kier alpha value is -1.69. The lowest BCUT2D eigenvalue weighted by Gasteiger charge is -1.96. The van der Waals surface area contributed by atoms with Crippen LogP contribution in [0.3, 0.4) is 0 Å². The Bertz CT molecular complexity index is 476. The van der Waals surface area contributed by atoms with Gasteiger partial charge in [-0.1, -0.05) is 18.0 Å². The summed E-state index contributed by atoms with van der Waals surface area (Å²) >= 11 is 0. The average molecular weight is 249 g/mol. The van der Waals surface area contributed by atoms with E-state index in [1.165, 1.54) is 6.42 Å². The molecular weight excluding hydrogens is 230 g/mol. The second-order valence-electron chi connectivity index (χ2n) is 4.35. The molecule has 2 rings (SSSR count). The first-order valence-corrected chi connectivity index (χ1v) is 6.30. The van der Waals surface area contributed by atoms with Crippen LogP contribution in [0.15, 0.2) is 17.0 Å². The van der Waals surface area contributed by atoms with Gasteiger partial charge in [-0.3, -0.25) is 0 Å². The molecule has 0 amide bonds. The van der Waals surface area contributed by atoms with E-state index in [2.05, 4.69) is 15.1 Å². The minimum absolute atomic E-state index is 0.604. The summed E-state index contributed by atoms with van der Waals surface area (Å²) in [6, 6.07) is 0. The zero-order valence-electron chi connectivity index (χ0n) is 10.7. The Morgan fingerprint density at radius 3 is 2.83 bits per heavy atom. The standard InChI is InChI=1S/C12H19N5O/c1-17-9-14-8-10(17)12-15-11(18-16-12)6-4-2-3-5-7-13/h8-9H,2-7,13H2,1H3. The molecule has 98 valence electrons. The molecule has 6 nitrogen and oxygen atoms in total. The quantitative estimate of drug-likeness (QED) is 0.752. The fourth-order valence-electron chi connectivity index (χ4n) is 1.81. The van der Waals surface area contributed by atoms with Crippen molar-refractivity contribution in [2.75, 3.05) is 6.54 Å². The molecule has 6 heteroatoms. The van der Waals surface area contributed by atoms with Crippen LogP contribution in [0.2, 0.25) is 0 Å². The molecule has 18 heavy (non-hydrogen) atoms. The van der Waals surface area contributed by atoms with Crippen LogP contribution in [0.25, 0.3) is 11.5 Å². The SMILES string of the molecule is Cn1cncc1-c1noc(CCCCCCN)n1. The van der Waals surface area contributed by atoms with Crippen LogP contribution in [0.5, 0.6) is 0 Å². The molecular formula is C12H19N5O. The molecule has 0 radical (unpaired) electrons. The maximum atomic E-state index is 5.44. The second kappa shape index (κ2) is 6.30. The minimum Gasteiger partial charge on any atom is -0.339 e. The highest BCUT2D eigenvalue weighted by Crippen LogP contribution is 2.15. The van der Waals surface area contributed by atoms with Gasteiger partial charge in [0.15, 0.2) is 0 Å². The summed E-state index contributed by atoms with van der Waals surface area (Å²) in [4.78, 5) is 8.40. The van der Waals surface area contributed by atoms with Gasteiger partial charge in [0.2, 0.25) is 11.7 Å². The first-order valence-electron chi connectivity index (χ1n) is 6.30. The van der Waals surface area contributed by atoms with Gasteiger partial charge >= 0.3 is 0 Å². The summed E-state index contributed by atoms with van der Waals surface area (Å²) in [6.45, 7) is 0.769. The Labute approximate surface area is 106 Å².